The van der Waals surface area contributed by atoms with Gasteiger partial charge in [0.1, 0.15) is 0 Å². The van der Waals surface area contributed by atoms with Crippen LogP contribution in [0, 0.1) is 0 Å². The van der Waals surface area contributed by atoms with Gasteiger partial charge in [-0.25, -0.2) is 0 Å². The number of nitrogens with two attached hydrogens (primary N) is 1. The molecule has 21 heavy (non-hydrogen) atoms. The first-order valence-corrected chi connectivity index (χ1v) is 6.62. The predicted octanol–water partition coefficient (Wildman–Crippen LogP) is 0.806. The number of benzene rings is 1. The van der Waals surface area contributed by atoms with Crippen molar-refractivity contribution in [3.05, 3.63) is 35.9 Å². The lowest BCUT2D eigenvalue weighted by atomic mass is 10.2. The third kappa shape index (κ3) is 7.11. The maximum atomic E-state index is 11.1. The van der Waals surface area contributed by atoms with Crippen LogP contribution in [0.5, 0.6) is 0 Å². The van der Waals surface area contributed by atoms with Crippen LogP contribution < -0.4 is 11.1 Å². The van der Waals surface area contributed by atoms with Gasteiger partial charge in [0.25, 0.3) is 0 Å². The smallest absolute Gasteiger partial charge is 0.233 e. The average Bonchev–Trinajstić information content (AvgIpc) is 2.46. The van der Waals surface area contributed by atoms with E-state index >= 15 is 0 Å². The minimum atomic E-state index is -0.135. The molecule has 0 aromatic heterocycles. The summed E-state index contributed by atoms with van der Waals surface area (Å²) >= 11 is 0. The predicted molar refractivity (Wildman–Crippen MR) is 88.0 cm³/mol. The summed E-state index contributed by atoms with van der Waals surface area (Å²) in [5, 5.41) is 2.77. The molecule has 3 N–H and O–H groups in total. The number of nitrogens with zero attached hydrogens (tertiary/aromatic N) is 1. The Kier molecular flexibility index (Phi) is 10.4. The van der Waals surface area contributed by atoms with Gasteiger partial charge in [0.15, 0.2) is 0 Å². The van der Waals surface area contributed by atoms with Crippen LogP contribution in [0.25, 0.3) is 0 Å². The molecule has 1 aromatic rings. The highest BCUT2D eigenvalue weighted by Crippen LogP contribution is 2.09. The van der Waals surface area contributed by atoms with Gasteiger partial charge < -0.3 is 15.8 Å². The molecule has 1 aliphatic heterocycles. The highest BCUT2D eigenvalue weighted by atomic mass is 35.5. The van der Waals surface area contributed by atoms with Crippen molar-refractivity contribution in [1.29, 1.82) is 0 Å². The second kappa shape index (κ2) is 10.8. The summed E-state index contributed by atoms with van der Waals surface area (Å²) in [5.41, 5.74) is 6.55. The van der Waals surface area contributed by atoms with Crippen molar-refractivity contribution < 1.29 is 9.53 Å². The molecule has 0 saturated carbocycles. The first-order chi connectivity index (χ1) is 9.28. The van der Waals surface area contributed by atoms with Gasteiger partial charge >= 0.3 is 0 Å². The zero-order valence-electron chi connectivity index (χ0n) is 11.9. The molecule has 1 amide bonds. The molecule has 0 aliphatic carbocycles. The summed E-state index contributed by atoms with van der Waals surface area (Å²) < 4.78 is 5.64. The Hall–Kier alpha value is -0.850. The van der Waals surface area contributed by atoms with Gasteiger partial charge in [0.05, 0.1) is 19.3 Å². The molecule has 1 fully saturated rings. The van der Waals surface area contributed by atoms with Crippen molar-refractivity contribution in [2.75, 3.05) is 32.8 Å². The van der Waals surface area contributed by atoms with Crippen molar-refractivity contribution in [2.24, 2.45) is 5.73 Å². The van der Waals surface area contributed by atoms with Crippen LogP contribution in [0.1, 0.15) is 5.56 Å². The number of hydrogen-bond donors (Lipinski definition) is 2. The van der Waals surface area contributed by atoms with Gasteiger partial charge in [-0.05, 0) is 5.56 Å². The van der Waals surface area contributed by atoms with Crippen LogP contribution in [0.3, 0.4) is 0 Å². The van der Waals surface area contributed by atoms with E-state index in [1.165, 1.54) is 5.56 Å². The lowest BCUT2D eigenvalue weighted by molar-refractivity contribution is -0.121. The third-order valence-corrected chi connectivity index (χ3v) is 3.18. The minimum absolute atomic E-state index is 0. The van der Waals surface area contributed by atoms with Crippen LogP contribution >= 0.6 is 24.8 Å². The molecule has 2 rings (SSSR count). The van der Waals surface area contributed by atoms with E-state index in [4.69, 9.17) is 10.5 Å². The van der Waals surface area contributed by atoms with E-state index in [0.29, 0.717) is 13.2 Å². The summed E-state index contributed by atoms with van der Waals surface area (Å²) in [7, 11) is 0. The molecule has 1 heterocycles. The Labute approximate surface area is 138 Å². The second-order valence-corrected chi connectivity index (χ2v) is 4.72. The molecule has 1 aliphatic rings. The van der Waals surface area contributed by atoms with E-state index in [1.54, 1.807) is 0 Å². The number of morpholine rings is 1. The first kappa shape index (κ1) is 20.1. The summed E-state index contributed by atoms with van der Waals surface area (Å²) in [6, 6.07) is 10.4. The van der Waals surface area contributed by atoms with Gasteiger partial charge in [-0.2, -0.15) is 0 Å². The Balaban J connectivity index is 0.00000200. The molecule has 0 spiro atoms. The first-order valence-electron chi connectivity index (χ1n) is 6.62. The lowest BCUT2D eigenvalue weighted by Gasteiger charge is -2.33. The van der Waals surface area contributed by atoms with E-state index in [1.807, 2.05) is 6.07 Å². The third-order valence-electron chi connectivity index (χ3n) is 3.18. The van der Waals surface area contributed by atoms with Gasteiger partial charge in [-0.1, -0.05) is 30.3 Å². The molecule has 0 radical (unpaired) electrons. The van der Waals surface area contributed by atoms with Gasteiger partial charge in [-0.15, -0.1) is 24.8 Å². The number of amides is 1. The molecule has 1 unspecified atom stereocenters. The SMILES string of the molecule is Cl.Cl.NCC(=O)NCC1CN(Cc2ccccc2)CCO1. The van der Waals surface area contributed by atoms with E-state index in [-0.39, 0.29) is 43.4 Å². The number of carbonyl (C=O) groups excluding carboxylic acids is 1. The Bertz CT molecular complexity index is 406. The van der Waals surface area contributed by atoms with Gasteiger partial charge in [-0.3, -0.25) is 9.69 Å². The molecule has 0 bridgehead atoms. The van der Waals surface area contributed by atoms with Crippen LogP contribution in [0.2, 0.25) is 0 Å². The molecule has 5 nitrogen and oxygen atoms in total. The highest BCUT2D eigenvalue weighted by molar-refractivity contribution is 5.85. The van der Waals surface area contributed by atoms with E-state index in [9.17, 15) is 4.79 Å². The summed E-state index contributed by atoms with van der Waals surface area (Å²) in [5.74, 6) is -0.135. The highest BCUT2D eigenvalue weighted by Gasteiger charge is 2.20. The fraction of sp³-hybridized carbons (Fsp3) is 0.500. The molecule has 1 atom stereocenters. The van der Waals surface area contributed by atoms with E-state index < -0.39 is 0 Å². The summed E-state index contributed by atoms with van der Waals surface area (Å²) in [6.07, 6.45) is 0.0490. The number of halogens is 2. The largest absolute Gasteiger partial charge is 0.374 e. The quantitative estimate of drug-likeness (QED) is 0.835. The Morgan fingerprint density at radius 2 is 2.05 bits per heavy atom. The van der Waals surface area contributed by atoms with Crippen molar-refractivity contribution >= 4 is 30.7 Å². The van der Waals surface area contributed by atoms with E-state index in [0.717, 1.165) is 19.6 Å². The number of hydrogen-bond acceptors (Lipinski definition) is 4. The van der Waals surface area contributed by atoms with Crippen LogP contribution in [-0.2, 0) is 16.1 Å². The normalized spacial score (nSPS) is 18.2. The summed E-state index contributed by atoms with van der Waals surface area (Å²) in [6.45, 7) is 3.94. The van der Waals surface area contributed by atoms with Crippen molar-refractivity contribution in [3.8, 4) is 0 Å². The zero-order valence-corrected chi connectivity index (χ0v) is 13.5. The lowest BCUT2D eigenvalue weighted by Crippen LogP contribution is -2.47. The molecular weight excluding hydrogens is 313 g/mol. The van der Waals surface area contributed by atoms with Crippen molar-refractivity contribution in [3.63, 3.8) is 0 Å². The van der Waals surface area contributed by atoms with Crippen molar-refractivity contribution in [2.45, 2.75) is 12.6 Å². The topological polar surface area (TPSA) is 67.6 Å². The maximum Gasteiger partial charge on any atom is 0.233 e. The fourth-order valence-corrected chi connectivity index (χ4v) is 2.19. The average molecular weight is 336 g/mol. The molecular formula is C14H23Cl2N3O2. The molecule has 1 saturated heterocycles. The monoisotopic (exact) mass is 335 g/mol. The number of rotatable bonds is 5. The number of carbonyl (C=O) groups is 1. The molecule has 7 heteroatoms. The molecule has 120 valence electrons. The second-order valence-electron chi connectivity index (χ2n) is 4.72. The standard InChI is InChI=1S/C14H21N3O2.2ClH/c15-8-14(18)16-9-13-11-17(6-7-19-13)10-12-4-2-1-3-5-12;;/h1-5,13H,6-11,15H2,(H,16,18);2*1H. The summed E-state index contributed by atoms with van der Waals surface area (Å²) in [4.78, 5) is 13.5. The fourth-order valence-electron chi connectivity index (χ4n) is 2.19. The van der Waals surface area contributed by atoms with Gasteiger partial charge in [0, 0.05) is 26.2 Å². The Morgan fingerprint density at radius 1 is 1.33 bits per heavy atom. The number of ether oxygens (including phenoxy) is 1. The minimum Gasteiger partial charge on any atom is -0.374 e. The van der Waals surface area contributed by atoms with Crippen LogP contribution in [0.4, 0.5) is 0 Å². The Morgan fingerprint density at radius 3 is 2.71 bits per heavy atom. The van der Waals surface area contributed by atoms with Crippen LogP contribution in [0.15, 0.2) is 30.3 Å². The van der Waals surface area contributed by atoms with Crippen LogP contribution in [-0.4, -0.2) is 49.7 Å². The van der Waals surface area contributed by atoms with Gasteiger partial charge in [0.2, 0.25) is 5.91 Å². The zero-order chi connectivity index (χ0) is 13.5. The van der Waals surface area contributed by atoms with E-state index in [2.05, 4.69) is 34.5 Å². The number of nitrogens with one attached hydrogen (secondary N) is 1. The maximum absolute atomic E-state index is 11.1. The van der Waals surface area contributed by atoms with Crippen molar-refractivity contribution in [1.82, 2.24) is 10.2 Å². The molecule has 1 aromatic carbocycles.